The van der Waals surface area contributed by atoms with Crippen molar-refractivity contribution in [2.45, 2.75) is 167 Å². The molecule has 0 radical (unpaired) electrons. The van der Waals surface area contributed by atoms with Crippen molar-refractivity contribution in [1.82, 2.24) is 0 Å². The van der Waals surface area contributed by atoms with Gasteiger partial charge in [-0.2, -0.15) is 0 Å². The molecule has 1 rings (SSSR count). The smallest absolute Gasteiger partial charge is 0.0436 e. The molecule has 1 atom stereocenters. The molecule has 39 heavy (non-hydrogen) atoms. The van der Waals surface area contributed by atoms with E-state index < -0.39 is 5.41 Å². The number of rotatable bonds is 10. The van der Waals surface area contributed by atoms with E-state index in [0.29, 0.717) is 32.1 Å². The van der Waals surface area contributed by atoms with Crippen LogP contribution in [0.1, 0.15) is 167 Å². The SMILES string of the molecule is OCCC1CCCCCCCCCCCCCCCCCCCCCC(CCO)(CCO)C1(CCO)CCO. The third-order valence-corrected chi connectivity index (χ3v) is 10.3. The minimum atomic E-state index is -0.404. The zero-order chi connectivity index (χ0) is 28.5. The monoisotopic (exact) mass is 557 g/mol. The summed E-state index contributed by atoms with van der Waals surface area (Å²) in [6.07, 6.45) is 29.4. The number of aliphatic hydroxyl groups is 5. The van der Waals surface area contributed by atoms with Crippen LogP contribution in [0.15, 0.2) is 0 Å². The lowest BCUT2D eigenvalue weighted by molar-refractivity contribution is -0.100. The highest BCUT2D eigenvalue weighted by Crippen LogP contribution is 2.59. The Morgan fingerprint density at radius 1 is 0.385 bits per heavy atom. The third kappa shape index (κ3) is 14.0. The second kappa shape index (κ2) is 24.4. The summed E-state index contributed by atoms with van der Waals surface area (Å²) in [5, 5.41) is 51.3. The fraction of sp³-hybridized carbons (Fsp3) is 1.00. The summed E-state index contributed by atoms with van der Waals surface area (Å²) >= 11 is 0. The third-order valence-electron chi connectivity index (χ3n) is 10.3. The van der Waals surface area contributed by atoms with E-state index in [1.807, 2.05) is 0 Å². The fourth-order valence-electron chi connectivity index (χ4n) is 8.16. The summed E-state index contributed by atoms with van der Waals surface area (Å²) in [6, 6.07) is 0. The second-order valence-corrected chi connectivity index (χ2v) is 12.8. The van der Waals surface area contributed by atoms with Gasteiger partial charge in [0.05, 0.1) is 0 Å². The zero-order valence-corrected chi connectivity index (χ0v) is 25.7. The lowest BCUT2D eigenvalue weighted by Crippen LogP contribution is -2.50. The Hall–Kier alpha value is -0.200. The van der Waals surface area contributed by atoms with Gasteiger partial charge in [0.2, 0.25) is 0 Å². The van der Waals surface area contributed by atoms with E-state index in [1.54, 1.807) is 0 Å². The van der Waals surface area contributed by atoms with E-state index in [-0.39, 0.29) is 44.4 Å². The van der Waals surface area contributed by atoms with Gasteiger partial charge < -0.3 is 25.5 Å². The van der Waals surface area contributed by atoms with Crippen LogP contribution in [0, 0.1) is 16.7 Å². The van der Waals surface area contributed by atoms with Crippen molar-refractivity contribution in [3.63, 3.8) is 0 Å². The van der Waals surface area contributed by atoms with Gasteiger partial charge in [-0.25, -0.2) is 0 Å². The molecule has 234 valence electrons. The highest BCUT2D eigenvalue weighted by atomic mass is 16.3. The van der Waals surface area contributed by atoms with Crippen LogP contribution in [0.2, 0.25) is 0 Å². The normalized spacial score (nSPS) is 24.1. The van der Waals surface area contributed by atoms with Crippen LogP contribution in [0.3, 0.4) is 0 Å². The summed E-state index contributed by atoms with van der Waals surface area (Å²) < 4.78 is 0. The molecule has 1 saturated carbocycles. The summed E-state index contributed by atoms with van der Waals surface area (Å²) in [4.78, 5) is 0. The largest absolute Gasteiger partial charge is 0.396 e. The van der Waals surface area contributed by atoms with Crippen molar-refractivity contribution in [1.29, 1.82) is 0 Å². The van der Waals surface area contributed by atoms with E-state index in [9.17, 15) is 25.5 Å². The van der Waals surface area contributed by atoms with E-state index in [1.165, 1.54) is 103 Å². The first-order valence-electron chi connectivity index (χ1n) is 17.2. The van der Waals surface area contributed by atoms with Crippen molar-refractivity contribution in [3.8, 4) is 0 Å². The zero-order valence-electron chi connectivity index (χ0n) is 25.7. The quantitative estimate of drug-likeness (QED) is 0.190. The van der Waals surface area contributed by atoms with Crippen LogP contribution in [-0.2, 0) is 0 Å². The maximum absolute atomic E-state index is 10.3. The molecular weight excluding hydrogens is 488 g/mol. The molecule has 0 amide bonds. The molecule has 0 aromatic rings. The molecular formula is C34H68O5. The van der Waals surface area contributed by atoms with Gasteiger partial charge in [0, 0.05) is 33.0 Å². The van der Waals surface area contributed by atoms with Crippen molar-refractivity contribution in [3.05, 3.63) is 0 Å². The molecule has 0 bridgehead atoms. The Labute approximate surface area is 242 Å². The van der Waals surface area contributed by atoms with Crippen molar-refractivity contribution in [2.75, 3.05) is 33.0 Å². The van der Waals surface area contributed by atoms with E-state index >= 15 is 0 Å². The first-order valence-corrected chi connectivity index (χ1v) is 17.2. The average molecular weight is 557 g/mol. The van der Waals surface area contributed by atoms with Crippen molar-refractivity contribution >= 4 is 0 Å². The molecule has 1 fully saturated rings. The molecule has 1 unspecified atom stereocenters. The van der Waals surface area contributed by atoms with Gasteiger partial charge in [0.1, 0.15) is 0 Å². The lowest BCUT2D eigenvalue weighted by atomic mass is 9.49. The van der Waals surface area contributed by atoms with Crippen LogP contribution in [0.25, 0.3) is 0 Å². The molecule has 5 N–H and O–H groups in total. The highest BCUT2D eigenvalue weighted by Gasteiger charge is 2.52. The summed E-state index contributed by atoms with van der Waals surface area (Å²) in [6.45, 7) is 0.244. The number of hydrogen-bond donors (Lipinski definition) is 5. The van der Waals surface area contributed by atoms with Gasteiger partial charge in [-0.1, -0.05) is 122 Å². The molecule has 5 nitrogen and oxygen atoms in total. The Morgan fingerprint density at radius 3 is 1.05 bits per heavy atom. The Balaban J connectivity index is 3.10. The second-order valence-electron chi connectivity index (χ2n) is 12.8. The molecule has 0 aromatic heterocycles. The first kappa shape index (κ1) is 36.8. The average Bonchev–Trinajstić information content (AvgIpc) is 2.92. The maximum Gasteiger partial charge on any atom is 0.0436 e. The topological polar surface area (TPSA) is 101 Å². The van der Waals surface area contributed by atoms with E-state index in [2.05, 4.69) is 0 Å². The van der Waals surface area contributed by atoms with Gasteiger partial charge in [0.15, 0.2) is 0 Å². The number of aliphatic hydroxyl groups excluding tert-OH is 5. The van der Waals surface area contributed by atoms with E-state index in [0.717, 1.165) is 32.1 Å². The van der Waals surface area contributed by atoms with Gasteiger partial charge in [-0.05, 0) is 61.7 Å². The predicted octanol–water partition coefficient (Wildman–Crippen LogP) is 7.69. The van der Waals surface area contributed by atoms with Gasteiger partial charge in [-0.15, -0.1) is 0 Å². The van der Waals surface area contributed by atoms with Gasteiger partial charge in [-0.3, -0.25) is 0 Å². The Kier molecular flexibility index (Phi) is 23.0. The lowest BCUT2D eigenvalue weighted by Gasteiger charge is -2.56. The van der Waals surface area contributed by atoms with Gasteiger partial charge >= 0.3 is 0 Å². The summed E-state index contributed by atoms with van der Waals surface area (Å²) in [5.74, 6) is 0.158. The van der Waals surface area contributed by atoms with Crippen LogP contribution >= 0.6 is 0 Å². The Bertz CT molecular complexity index is 514. The molecule has 1 aliphatic carbocycles. The highest BCUT2D eigenvalue weighted by molar-refractivity contribution is 5.01. The molecule has 0 aliphatic heterocycles. The van der Waals surface area contributed by atoms with Crippen molar-refractivity contribution in [2.24, 2.45) is 16.7 Å². The summed E-state index contributed by atoms with van der Waals surface area (Å²) in [7, 11) is 0. The molecule has 0 heterocycles. The predicted molar refractivity (Wildman–Crippen MR) is 164 cm³/mol. The first-order chi connectivity index (χ1) is 19.2. The maximum atomic E-state index is 10.3. The fourth-order valence-corrected chi connectivity index (χ4v) is 8.16. The van der Waals surface area contributed by atoms with Gasteiger partial charge in [0.25, 0.3) is 0 Å². The minimum Gasteiger partial charge on any atom is -0.396 e. The molecule has 0 spiro atoms. The minimum absolute atomic E-state index is 0.0283. The van der Waals surface area contributed by atoms with Crippen LogP contribution in [0.4, 0.5) is 0 Å². The van der Waals surface area contributed by atoms with Crippen molar-refractivity contribution < 1.29 is 25.5 Å². The number of hydrogen-bond acceptors (Lipinski definition) is 5. The molecule has 0 aromatic carbocycles. The summed E-state index contributed by atoms with van der Waals surface area (Å²) in [5.41, 5.74) is -0.756. The molecule has 0 saturated heterocycles. The van der Waals surface area contributed by atoms with Crippen LogP contribution in [-0.4, -0.2) is 58.6 Å². The molecule has 5 heteroatoms. The standard InChI is InChI=1S/C34H68O5/c35-27-21-32-20-18-16-14-12-10-8-6-4-2-1-3-5-7-9-11-13-15-17-19-22-33(23-28-36,24-29-37)34(32,25-30-38)26-31-39/h32,35-39H,1-31H2. The molecule has 1 aliphatic rings. The van der Waals surface area contributed by atoms with E-state index in [4.69, 9.17) is 0 Å². The van der Waals surface area contributed by atoms with Crippen LogP contribution in [0.5, 0.6) is 0 Å². The Morgan fingerprint density at radius 2 is 0.718 bits per heavy atom. The van der Waals surface area contributed by atoms with Crippen LogP contribution < -0.4 is 0 Å².